The maximum absolute atomic E-state index is 12.9. The van der Waals surface area contributed by atoms with E-state index in [4.69, 9.17) is 0 Å². The Hall–Kier alpha value is -1.88. The summed E-state index contributed by atoms with van der Waals surface area (Å²) in [4.78, 5) is 25.8. The number of hydrogen-bond acceptors (Lipinski definition) is 3. The molecule has 2 heterocycles. The van der Waals surface area contributed by atoms with Gasteiger partial charge in [-0.1, -0.05) is 18.6 Å². The van der Waals surface area contributed by atoms with Crippen molar-refractivity contribution in [1.82, 2.24) is 14.5 Å². The smallest absolute Gasteiger partial charge is 0.317 e. The van der Waals surface area contributed by atoms with Gasteiger partial charge in [-0.2, -0.15) is 0 Å². The van der Waals surface area contributed by atoms with Crippen LogP contribution in [0.1, 0.15) is 37.8 Å². The topological polar surface area (TPSA) is 56.0 Å². The second-order valence-electron chi connectivity index (χ2n) is 6.11. The number of benzene rings is 1. The van der Waals surface area contributed by atoms with Gasteiger partial charge in [0.15, 0.2) is 0 Å². The van der Waals surface area contributed by atoms with Crippen LogP contribution in [0.2, 0.25) is 0 Å². The van der Waals surface area contributed by atoms with E-state index in [-0.39, 0.29) is 17.3 Å². The highest BCUT2D eigenvalue weighted by Crippen LogP contribution is 2.17. The largest absolute Gasteiger partial charge is 0.331 e. The fourth-order valence-corrected chi connectivity index (χ4v) is 3.33. The number of rotatable bonds is 3. The molecule has 5 heteroatoms. The Morgan fingerprint density at radius 2 is 1.95 bits per heavy atom. The van der Waals surface area contributed by atoms with E-state index in [1.165, 1.54) is 4.57 Å². The average Bonchev–Trinajstić information content (AvgIpc) is 2.53. The van der Waals surface area contributed by atoms with Gasteiger partial charge in [-0.05, 0) is 51.4 Å². The number of fused-ring (bicyclic) bond motifs is 1. The minimum atomic E-state index is -0.157. The van der Waals surface area contributed by atoms with E-state index in [2.05, 4.69) is 5.32 Å². The normalized spacial score (nSPS) is 16.3. The second-order valence-corrected chi connectivity index (χ2v) is 6.11. The van der Waals surface area contributed by atoms with Crippen molar-refractivity contribution in [2.45, 2.75) is 45.7 Å². The van der Waals surface area contributed by atoms with E-state index in [1.54, 1.807) is 4.57 Å². The van der Waals surface area contributed by atoms with Crippen LogP contribution in [-0.4, -0.2) is 22.2 Å². The van der Waals surface area contributed by atoms with E-state index >= 15 is 0 Å². The SMILES string of the molecule is CCCn1c(=O)n(C2CCNCC2)c(=O)c2cc(C)ccc21. The summed E-state index contributed by atoms with van der Waals surface area (Å²) in [6.45, 7) is 6.38. The van der Waals surface area contributed by atoms with Crippen LogP contribution in [0.15, 0.2) is 27.8 Å². The number of aryl methyl sites for hydroxylation is 2. The third-order valence-corrected chi connectivity index (χ3v) is 4.45. The van der Waals surface area contributed by atoms with Gasteiger partial charge in [0.25, 0.3) is 5.56 Å². The zero-order chi connectivity index (χ0) is 15.7. The number of piperidine rings is 1. The highest BCUT2D eigenvalue weighted by atomic mass is 16.2. The Morgan fingerprint density at radius 1 is 1.23 bits per heavy atom. The summed E-state index contributed by atoms with van der Waals surface area (Å²) in [5.74, 6) is 0. The molecule has 0 bridgehead atoms. The van der Waals surface area contributed by atoms with Gasteiger partial charge in [0.2, 0.25) is 0 Å². The molecule has 22 heavy (non-hydrogen) atoms. The molecule has 1 N–H and O–H groups in total. The van der Waals surface area contributed by atoms with Crippen LogP contribution in [-0.2, 0) is 6.54 Å². The molecule has 1 aromatic carbocycles. The molecule has 3 rings (SSSR count). The minimum absolute atomic E-state index is 0.00858. The molecule has 0 radical (unpaired) electrons. The van der Waals surface area contributed by atoms with Crippen molar-refractivity contribution in [2.24, 2.45) is 0 Å². The molecule has 0 unspecified atom stereocenters. The van der Waals surface area contributed by atoms with Crippen LogP contribution in [0.25, 0.3) is 10.9 Å². The van der Waals surface area contributed by atoms with Crippen LogP contribution in [0, 0.1) is 6.92 Å². The Kier molecular flexibility index (Phi) is 4.16. The van der Waals surface area contributed by atoms with Gasteiger partial charge in [-0.15, -0.1) is 0 Å². The van der Waals surface area contributed by atoms with Crippen molar-refractivity contribution < 1.29 is 0 Å². The van der Waals surface area contributed by atoms with E-state index in [0.717, 1.165) is 43.4 Å². The van der Waals surface area contributed by atoms with Gasteiger partial charge in [-0.25, -0.2) is 4.79 Å². The van der Waals surface area contributed by atoms with Gasteiger partial charge < -0.3 is 5.32 Å². The number of nitrogens with one attached hydrogen (secondary N) is 1. The Bertz CT molecular complexity index is 798. The molecule has 0 atom stereocenters. The van der Waals surface area contributed by atoms with Crippen LogP contribution in [0.5, 0.6) is 0 Å². The number of aromatic nitrogens is 2. The van der Waals surface area contributed by atoms with E-state index in [9.17, 15) is 9.59 Å². The summed E-state index contributed by atoms with van der Waals surface area (Å²) >= 11 is 0. The summed E-state index contributed by atoms with van der Waals surface area (Å²) in [5, 5.41) is 3.94. The van der Waals surface area contributed by atoms with Gasteiger partial charge in [0.1, 0.15) is 0 Å². The predicted octanol–water partition coefficient (Wildman–Crippen LogP) is 1.81. The van der Waals surface area contributed by atoms with Crippen molar-refractivity contribution in [2.75, 3.05) is 13.1 Å². The molecule has 1 saturated heterocycles. The fraction of sp³-hybridized carbons (Fsp3) is 0.529. The third-order valence-electron chi connectivity index (χ3n) is 4.45. The summed E-state index contributed by atoms with van der Waals surface area (Å²) in [5.41, 5.74) is 1.51. The molecule has 1 aromatic heterocycles. The highest BCUT2D eigenvalue weighted by molar-refractivity contribution is 5.78. The molecule has 1 fully saturated rings. The maximum atomic E-state index is 12.9. The summed E-state index contributed by atoms with van der Waals surface area (Å²) < 4.78 is 3.26. The van der Waals surface area contributed by atoms with Crippen molar-refractivity contribution in [3.05, 3.63) is 44.6 Å². The molecular weight excluding hydrogens is 278 g/mol. The van der Waals surface area contributed by atoms with Gasteiger partial charge in [0, 0.05) is 12.6 Å². The van der Waals surface area contributed by atoms with Crippen molar-refractivity contribution in [3.8, 4) is 0 Å². The van der Waals surface area contributed by atoms with E-state index in [1.807, 2.05) is 32.0 Å². The Morgan fingerprint density at radius 3 is 2.64 bits per heavy atom. The molecule has 2 aromatic rings. The molecule has 0 amide bonds. The standard InChI is InChI=1S/C17H23N3O2/c1-3-10-19-15-5-4-12(2)11-14(15)16(21)20(17(19)22)13-6-8-18-9-7-13/h4-5,11,13,18H,3,6-10H2,1-2H3. The molecule has 0 spiro atoms. The molecular formula is C17H23N3O2. The maximum Gasteiger partial charge on any atom is 0.331 e. The van der Waals surface area contributed by atoms with E-state index < -0.39 is 0 Å². The minimum Gasteiger partial charge on any atom is -0.317 e. The van der Waals surface area contributed by atoms with Crippen molar-refractivity contribution in [1.29, 1.82) is 0 Å². The first-order valence-corrected chi connectivity index (χ1v) is 8.10. The monoisotopic (exact) mass is 301 g/mol. The Labute approximate surface area is 129 Å². The lowest BCUT2D eigenvalue weighted by molar-refractivity contribution is 0.345. The molecule has 0 aliphatic carbocycles. The zero-order valence-electron chi connectivity index (χ0n) is 13.3. The first kappa shape index (κ1) is 15.0. The van der Waals surface area contributed by atoms with E-state index in [0.29, 0.717) is 11.9 Å². The summed E-state index contributed by atoms with van der Waals surface area (Å²) in [7, 11) is 0. The van der Waals surface area contributed by atoms with Crippen LogP contribution in [0.4, 0.5) is 0 Å². The third kappa shape index (κ3) is 2.50. The van der Waals surface area contributed by atoms with Crippen LogP contribution in [0.3, 0.4) is 0 Å². The first-order valence-electron chi connectivity index (χ1n) is 8.10. The molecule has 5 nitrogen and oxygen atoms in total. The predicted molar refractivity (Wildman–Crippen MR) is 88.6 cm³/mol. The highest BCUT2D eigenvalue weighted by Gasteiger charge is 2.21. The molecule has 1 aliphatic rings. The van der Waals surface area contributed by atoms with Crippen molar-refractivity contribution >= 4 is 10.9 Å². The lowest BCUT2D eigenvalue weighted by Crippen LogP contribution is -2.45. The van der Waals surface area contributed by atoms with Crippen LogP contribution < -0.4 is 16.6 Å². The first-order chi connectivity index (χ1) is 10.6. The molecule has 1 aliphatic heterocycles. The summed E-state index contributed by atoms with van der Waals surface area (Å²) in [6, 6.07) is 5.77. The molecule has 0 saturated carbocycles. The van der Waals surface area contributed by atoms with Gasteiger partial charge in [0.05, 0.1) is 10.9 Å². The fourth-order valence-electron chi connectivity index (χ4n) is 3.33. The Balaban J connectivity index is 2.31. The number of hydrogen-bond donors (Lipinski definition) is 1. The van der Waals surface area contributed by atoms with Crippen molar-refractivity contribution in [3.63, 3.8) is 0 Å². The second kappa shape index (κ2) is 6.08. The number of nitrogens with zero attached hydrogens (tertiary/aromatic N) is 2. The lowest BCUT2D eigenvalue weighted by atomic mass is 10.1. The van der Waals surface area contributed by atoms with Gasteiger partial charge >= 0.3 is 5.69 Å². The van der Waals surface area contributed by atoms with Crippen LogP contribution >= 0.6 is 0 Å². The summed E-state index contributed by atoms with van der Waals surface area (Å²) in [6.07, 6.45) is 2.53. The molecule has 118 valence electrons. The average molecular weight is 301 g/mol. The van der Waals surface area contributed by atoms with Gasteiger partial charge in [-0.3, -0.25) is 13.9 Å². The zero-order valence-corrected chi connectivity index (χ0v) is 13.3. The quantitative estimate of drug-likeness (QED) is 0.940. The lowest BCUT2D eigenvalue weighted by Gasteiger charge is -2.25.